The summed E-state index contributed by atoms with van der Waals surface area (Å²) in [4.78, 5) is 28.8. The molecule has 2 aromatic rings. The lowest BCUT2D eigenvalue weighted by molar-refractivity contribution is -0.140. The Morgan fingerprint density at radius 1 is 0.974 bits per heavy atom. The van der Waals surface area contributed by atoms with Crippen molar-refractivity contribution in [2.45, 2.75) is 57.7 Å². The molecule has 0 saturated heterocycles. The Kier molecular flexibility index (Phi) is 10.4. The van der Waals surface area contributed by atoms with Crippen LogP contribution in [0.25, 0.3) is 0 Å². The third-order valence-electron chi connectivity index (χ3n) is 6.93. The number of methoxy groups -OCH3 is 3. The van der Waals surface area contributed by atoms with E-state index in [4.69, 9.17) is 14.2 Å². The number of anilines is 1. The van der Waals surface area contributed by atoms with E-state index in [1.54, 1.807) is 31.4 Å². The quantitative estimate of drug-likeness (QED) is 0.399. The van der Waals surface area contributed by atoms with Gasteiger partial charge < -0.3 is 24.4 Å². The fourth-order valence-electron chi connectivity index (χ4n) is 4.80. The number of sulfonamides is 1. The first-order chi connectivity index (χ1) is 18.6. The number of nitrogens with zero attached hydrogens (tertiary/aromatic N) is 2. The van der Waals surface area contributed by atoms with Gasteiger partial charge in [-0.25, -0.2) is 8.42 Å². The Hall–Kier alpha value is -3.47. The fraction of sp³-hybridized carbons (Fsp3) is 0.500. The fourth-order valence-corrected chi connectivity index (χ4v) is 5.65. The molecule has 11 heteroatoms. The van der Waals surface area contributed by atoms with Gasteiger partial charge in [0.1, 0.15) is 29.8 Å². The first-order valence-corrected chi connectivity index (χ1v) is 14.9. The maximum atomic E-state index is 13.9. The molecule has 0 unspecified atom stereocenters. The first-order valence-electron chi connectivity index (χ1n) is 13.0. The smallest absolute Gasteiger partial charge is 0.244 e. The Balaban J connectivity index is 1.98. The number of carbonyl (C=O) groups excluding carboxylic acids is 2. The van der Waals surface area contributed by atoms with Gasteiger partial charge in [-0.2, -0.15) is 0 Å². The highest BCUT2D eigenvalue weighted by Crippen LogP contribution is 2.34. The van der Waals surface area contributed by atoms with Crippen molar-refractivity contribution in [1.82, 2.24) is 10.2 Å². The van der Waals surface area contributed by atoms with Gasteiger partial charge in [-0.3, -0.25) is 13.9 Å². The van der Waals surface area contributed by atoms with Gasteiger partial charge in [0.25, 0.3) is 0 Å². The maximum absolute atomic E-state index is 13.9. The Labute approximate surface area is 231 Å². The highest BCUT2D eigenvalue weighted by atomic mass is 32.2. The van der Waals surface area contributed by atoms with E-state index in [-0.39, 0.29) is 29.9 Å². The monoisotopic (exact) mass is 561 g/mol. The van der Waals surface area contributed by atoms with Crippen molar-refractivity contribution in [3.63, 3.8) is 0 Å². The molecule has 2 aromatic carbocycles. The summed E-state index contributed by atoms with van der Waals surface area (Å²) in [7, 11) is 0.529. The van der Waals surface area contributed by atoms with E-state index in [0.717, 1.165) is 41.8 Å². The summed E-state index contributed by atoms with van der Waals surface area (Å²) in [5, 5.41) is 3.10. The summed E-state index contributed by atoms with van der Waals surface area (Å²) in [6, 6.07) is 11.2. The van der Waals surface area contributed by atoms with Gasteiger partial charge in [0.2, 0.25) is 21.8 Å². The number of nitrogens with one attached hydrogen (secondary N) is 1. The van der Waals surface area contributed by atoms with Crippen LogP contribution in [0.2, 0.25) is 0 Å². The average Bonchev–Trinajstić information content (AvgIpc) is 3.43. The lowest BCUT2D eigenvalue weighted by Gasteiger charge is -2.33. The van der Waals surface area contributed by atoms with Crippen molar-refractivity contribution < 1.29 is 32.2 Å². The highest BCUT2D eigenvalue weighted by Gasteiger charge is 2.33. The molecule has 0 aromatic heterocycles. The van der Waals surface area contributed by atoms with Gasteiger partial charge in [-0.05, 0) is 49.1 Å². The van der Waals surface area contributed by atoms with Crippen LogP contribution >= 0.6 is 0 Å². The minimum Gasteiger partial charge on any atom is -0.497 e. The second kappa shape index (κ2) is 13.5. The molecule has 0 bridgehead atoms. The van der Waals surface area contributed by atoms with Crippen LogP contribution in [-0.4, -0.2) is 71.3 Å². The van der Waals surface area contributed by atoms with Crippen LogP contribution in [0.3, 0.4) is 0 Å². The van der Waals surface area contributed by atoms with Crippen LogP contribution < -0.4 is 23.8 Å². The van der Waals surface area contributed by atoms with E-state index in [1.807, 2.05) is 19.1 Å². The van der Waals surface area contributed by atoms with Crippen LogP contribution in [0.15, 0.2) is 42.5 Å². The number of amides is 2. The van der Waals surface area contributed by atoms with Crippen molar-refractivity contribution in [1.29, 1.82) is 0 Å². The molecule has 10 nitrogen and oxygen atoms in total. The largest absolute Gasteiger partial charge is 0.497 e. The van der Waals surface area contributed by atoms with Crippen molar-refractivity contribution in [2.24, 2.45) is 0 Å². The van der Waals surface area contributed by atoms with Crippen molar-refractivity contribution in [3.05, 3.63) is 48.0 Å². The standard InChI is InChI=1S/C28H39N3O7S/c1-6-24(28(33)29-21-9-7-8-10-21)30(18-20-11-13-22(36-2)14-12-20)27(32)19-31(39(5,34)35)25-17-23(37-3)15-16-26(25)38-4/h11-17,21,24H,6-10,18-19H2,1-5H3,(H,29,33)/t24-/m1/s1. The number of rotatable bonds is 13. The van der Waals surface area contributed by atoms with Crippen LogP contribution in [0.5, 0.6) is 17.2 Å². The Bertz CT molecular complexity index is 1230. The molecule has 0 aliphatic heterocycles. The Morgan fingerprint density at radius 2 is 1.59 bits per heavy atom. The minimum absolute atomic E-state index is 0.0815. The summed E-state index contributed by atoms with van der Waals surface area (Å²) in [6.45, 7) is 1.44. The van der Waals surface area contributed by atoms with Gasteiger partial charge >= 0.3 is 0 Å². The minimum atomic E-state index is -3.92. The molecule has 1 aliphatic carbocycles. The number of carbonyl (C=O) groups is 2. The number of hydrogen-bond donors (Lipinski definition) is 1. The predicted octanol–water partition coefficient (Wildman–Crippen LogP) is 3.34. The van der Waals surface area contributed by atoms with E-state index >= 15 is 0 Å². The second-order valence-corrected chi connectivity index (χ2v) is 11.5. The number of ether oxygens (including phenoxy) is 3. The second-order valence-electron chi connectivity index (χ2n) is 9.59. The molecule has 0 heterocycles. The third-order valence-corrected chi connectivity index (χ3v) is 8.06. The Morgan fingerprint density at radius 3 is 2.13 bits per heavy atom. The molecule has 1 fully saturated rings. The highest BCUT2D eigenvalue weighted by molar-refractivity contribution is 7.92. The first kappa shape index (κ1) is 30.1. The molecule has 0 spiro atoms. The van der Waals surface area contributed by atoms with E-state index in [9.17, 15) is 18.0 Å². The van der Waals surface area contributed by atoms with Gasteiger partial charge in [-0.1, -0.05) is 31.9 Å². The zero-order valence-electron chi connectivity index (χ0n) is 23.3. The molecule has 2 amide bonds. The molecule has 1 atom stereocenters. The zero-order valence-corrected chi connectivity index (χ0v) is 24.1. The molecular formula is C28H39N3O7S. The molecule has 0 radical (unpaired) electrons. The molecule has 1 aliphatic rings. The summed E-state index contributed by atoms with van der Waals surface area (Å²) in [6.07, 6.45) is 5.32. The predicted molar refractivity (Wildman–Crippen MR) is 150 cm³/mol. The van der Waals surface area contributed by atoms with Crippen LogP contribution in [-0.2, 0) is 26.2 Å². The topological polar surface area (TPSA) is 114 Å². The van der Waals surface area contributed by atoms with Gasteiger partial charge in [0.15, 0.2) is 0 Å². The lowest BCUT2D eigenvalue weighted by atomic mass is 10.1. The molecule has 1 N–H and O–H groups in total. The SMILES string of the molecule is CC[C@H](C(=O)NC1CCCC1)N(Cc1ccc(OC)cc1)C(=O)CN(c1cc(OC)ccc1OC)S(C)(=O)=O. The molecular weight excluding hydrogens is 522 g/mol. The van der Waals surface area contributed by atoms with Crippen LogP contribution in [0.4, 0.5) is 5.69 Å². The summed E-state index contributed by atoms with van der Waals surface area (Å²) < 4.78 is 42.8. The summed E-state index contributed by atoms with van der Waals surface area (Å²) in [5.74, 6) is 0.577. The molecule has 1 saturated carbocycles. The molecule has 39 heavy (non-hydrogen) atoms. The zero-order chi connectivity index (χ0) is 28.6. The van der Waals surface area contributed by atoms with Crippen LogP contribution in [0.1, 0.15) is 44.6 Å². The van der Waals surface area contributed by atoms with E-state index in [0.29, 0.717) is 17.9 Å². The summed E-state index contributed by atoms with van der Waals surface area (Å²) >= 11 is 0. The van der Waals surface area contributed by atoms with Crippen molar-refractivity contribution >= 4 is 27.5 Å². The average molecular weight is 562 g/mol. The normalized spacial score (nSPS) is 14.4. The maximum Gasteiger partial charge on any atom is 0.244 e. The third kappa shape index (κ3) is 7.78. The summed E-state index contributed by atoms with van der Waals surface area (Å²) in [5.41, 5.74) is 0.946. The van der Waals surface area contributed by atoms with Crippen molar-refractivity contribution in [3.8, 4) is 17.2 Å². The van der Waals surface area contributed by atoms with Crippen LogP contribution in [0, 0.1) is 0 Å². The lowest BCUT2D eigenvalue weighted by Crippen LogP contribution is -2.53. The molecule has 214 valence electrons. The number of benzene rings is 2. The van der Waals surface area contributed by atoms with Gasteiger partial charge in [0, 0.05) is 18.7 Å². The van der Waals surface area contributed by atoms with Crippen molar-refractivity contribution in [2.75, 3.05) is 38.4 Å². The number of hydrogen-bond acceptors (Lipinski definition) is 7. The van der Waals surface area contributed by atoms with E-state index in [2.05, 4.69) is 5.32 Å². The van der Waals surface area contributed by atoms with Gasteiger partial charge in [-0.15, -0.1) is 0 Å². The molecule has 3 rings (SSSR count). The van der Waals surface area contributed by atoms with E-state index < -0.39 is 28.5 Å². The van der Waals surface area contributed by atoms with Gasteiger partial charge in [0.05, 0.1) is 33.3 Å². The van der Waals surface area contributed by atoms with E-state index in [1.165, 1.54) is 25.2 Å².